The number of anilines is 1. The molecule has 0 aliphatic rings. The fraction of sp³-hybridized carbons (Fsp3) is 0.250. The van der Waals surface area contributed by atoms with Crippen LogP contribution in [0.1, 0.15) is 5.56 Å². The second-order valence-corrected chi connectivity index (χ2v) is 3.91. The van der Waals surface area contributed by atoms with Gasteiger partial charge in [0, 0.05) is 6.20 Å². The number of nitrogen functional groups attached to an aromatic ring is 1. The Balaban J connectivity index is 1.93. The van der Waals surface area contributed by atoms with Crippen molar-refractivity contribution in [3.8, 4) is 5.75 Å². The predicted octanol–water partition coefficient (Wildman–Crippen LogP) is 2.56. The van der Waals surface area contributed by atoms with Gasteiger partial charge in [-0.2, -0.15) is 18.3 Å². The predicted molar refractivity (Wildman–Crippen MR) is 63.6 cm³/mol. The molecule has 1 aromatic carbocycles. The van der Waals surface area contributed by atoms with Gasteiger partial charge < -0.3 is 10.5 Å². The number of nitrogens with zero attached hydrogens (tertiary/aromatic N) is 2. The molecule has 1 heterocycles. The highest BCUT2D eigenvalue weighted by atomic mass is 19.4. The van der Waals surface area contributed by atoms with Gasteiger partial charge in [-0.25, -0.2) is 0 Å². The quantitative estimate of drug-likeness (QED) is 0.929. The first kappa shape index (κ1) is 13.3. The van der Waals surface area contributed by atoms with Crippen molar-refractivity contribution in [3.63, 3.8) is 0 Å². The van der Waals surface area contributed by atoms with Crippen LogP contribution < -0.4 is 10.5 Å². The molecule has 1 aromatic heterocycles. The Labute approximate surface area is 107 Å². The summed E-state index contributed by atoms with van der Waals surface area (Å²) in [4.78, 5) is 0. The third-order valence-corrected chi connectivity index (χ3v) is 2.40. The molecule has 0 aliphatic heterocycles. The van der Waals surface area contributed by atoms with E-state index in [0.29, 0.717) is 12.2 Å². The van der Waals surface area contributed by atoms with E-state index in [0.717, 1.165) is 12.1 Å². The first-order valence-corrected chi connectivity index (χ1v) is 5.53. The summed E-state index contributed by atoms with van der Waals surface area (Å²) in [6.45, 7) is 0.621. The minimum absolute atomic E-state index is 0.176. The van der Waals surface area contributed by atoms with Gasteiger partial charge in [0.2, 0.25) is 0 Å². The van der Waals surface area contributed by atoms with E-state index >= 15 is 0 Å². The Hall–Kier alpha value is -2.18. The van der Waals surface area contributed by atoms with Crippen molar-refractivity contribution in [2.45, 2.75) is 12.7 Å². The Bertz CT molecular complexity index is 551. The van der Waals surface area contributed by atoms with Crippen LogP contribution in [0.3, 0.4) is 0 Å². The van der Waals surface area contributed by atoms with Gasteiger partial charge in [-0.3, -0.25) is 4.68 Å². The zero-order chi connectivity index (χ0) is 13.9. The Kier molecular flexibility index (Phi) is 3.64. The summed E-state index contributed by atoms with van der Waals surface area (Å²) in [6.07, 6.45) is -1.25. The Morgan fingerprint density at radius 1 is 1.32 bits per heavy atom. The lowest BCUT2D eigenvalue weighted by atomic mass is 10.2. The lowest BCUT2D eigenvalue weighted by Crippen LogP contribution is -2.09. The van der Waals surface area contributed by atoms with Gasteiger partial charge >= 0.3 is 6.18 Å². The summed E-state index contributed by atoms with van der Waals surface area (Å²) in [6, 6.07) is 4.76. The normalized spacial score (nSPS) is 11.5. The fourth-order valence-electron chi connectivity index (χ4n) is 1.52. The smallest absolute Gasteiger partial charge is 0.416 e. The largest absolute Gasteiger partial charge is 0.492 e. The highest BCUT2D eigenvalue weighted by molar-refractivity contribution is 5.31. The number of aromatic nitrogens is 2. The van der Waals surface area contributed by atoms with Crippen LogP contribution >= 0.6 is 0 Å². The average Bonchev–Trinajstić information content (AvgIpc) is 2.74. The number of alkyl halides is 3. The number of nitrogens with two attached hydrogens (primary N) is 1. The van der Waals surface area contributed by atoms with Crippen LogP contribution in [0.5, 0.6) is 5.75 Å². The summed E-state index contributed by atoms with van der Waals surface area (Å²) in [5, 5.41) is 3.94. The third-order valence-electron chi connectivity index (χ3n) is 2.40. The molecule has 0 amide bonds. The molecule has 0 saturated carbocycles. The molecule has 19 heavy (non-hydrogen) atoms. The zero-order valence-electron chi connectivity index (χ0n) is 9.89. The van der Waals surface area contributed by atoms with Gasteiger partial charge in [0.25, 0.3) is 0 Å². The molecule has 0 spiro atoms. The number of hydrogen-bond donors (Lipinski definition) is 1. The van der Waals surface area contributed by atoms with E-state index in [1.54, 1.807) is 10.9 Å². The highest BCUT2D eigenvalue weighted by Gasteiger charge is 2.30. The molecule has 0 unspecified atom stereocenters. The number of hydrogen-bond acceptors (Lipinski definition) is 3. The molecular formula is C12H12F3N3O. The van der Waals surface area contributed by atoms with E-state index in [9.17, 15) is 13.2 Å². The van der Waals surface area contributed by atoms with Crippen LogP contribution in [0.25, 0.3) is 0 Å². The molecule has 0 radical (unpaired) electrons. The molecule has 2 rings (SSSR count). The van der Waals surface area contributed by atoms with Crippen molar-refractivity contribution in [1.29, 1.82) is 0 Å². The molecule has 4 nitrogen and oxygen atoms in total. The molecule has 102 valence electrons. The summed E-state index contributed by atoms with van der Waals surface area (Å²) >= 11 is 0. The molecule has 0 saturated heterocycles. The third kappa shape index (κ3) is 3.64. The van der Waals surface area contributed by atoms with E-state index in [-0.39, 0.29) is 12.4 Å². The molecule has 0 fully saturated rings. The van der Waals surface area contributed by atoms with Crippen LogP contribution in [-0.2, 0) is 12.7 Å². The van der Waals surface area contributed by atoms with E-state index in [1.165, 1.54) is 18.3 Å². The Morgan fingerprint density at radius 2 is 2.11 bits per heavy atom. The van der Waals surface area contributed by atoms with E-state index in [2.05, 4.69) is 5.10 Å². The highest BCUT2D eigenvalue weighted by Crippen LogP contribution is 2.31. The number of rotatable bonds is 4. The molecule has 7 heteroatoms. The molecule has 2 aromatic rings. The molecule has 2 N–H and O–H groups in total. The molecule has 0 aliphatic carbocycles. The van der Waals surface area contributed by atoms with Crippen molar-refractivity contribution >= 4 is 5.69 Å². The molecular weight excluding hydrogens is 259 g/mol. The number of ether oxygens (including phenoxy) is 1. The summed E-state index contributed by atoms with van der Waals surface area (Å²) in [5.74, 6) is 0.176. The summed E-state index contributed by atoms with van der Waals surface area (Å²) < 4.78 is 44.2. The van der Waals surface area contributed by atoms with Crippen LogP contribution in [0, 0.1) is 0 Å². The first-order chi connectivity index (χ1) is 8.95. The van der Waals surface area contributed by atoms with Gasteiger partial charge in [-0.15, -0.1) is 0 Å². The summed E-state index contributed by atoms with van der Waals surface area (Å²) in [7, 11) is 0. The minimum atomic E-state index is -4.37. The van der Waals surface area contributed by atoms with Gasteiger partial charge in [0.15, 0.2) is 0 Å². The van der Waals surface area contributed by atoms with Crippen molar-refractivity contribution in [1.82, 2.24) is 9.78 Å². The van der Waals surface area contributed by atoms with Crippen molar-refractivity contribution in [2.24, 2.45) is 0 Å². The van der Waals surface area contributed by atoms with Crippen LogP contribution in [0.15, 0.2) is 36.7 Å². The van der Waals surface area contributed by atoms with Crippen molar-refractivity contribution in [3.05, 3.63) is 42.2 Å². The second-order valence-electron chi connectivity index (χ2n) is 3.91. The minimum Gasteiger partial charge on any atom is -0.492 e. The van der Waals surface area contributed by atoms with Crippen LogP contribution in [0.2, 0.25) is 0 Å². The summed E-state index contributed by atoms with van der Waals surface area (Å²) in [5.41, 5.74) is 5.28. The first-order valence-electron chi connectivity index (χ1n) is 5.53. The van der Waals surface area contributed by atoms with Gasteiger partial charge in [0.1, 0.15) is 12.4 Å². The molecule has 0 atom stereocenters. The van der Waals surface area contributed by atoms with E-state index < -0.39 is 11.7 Å². The standard InChI is InChI=1S/C12H12F3N3O/c13-12(14,15)9-2-1-3-11(6-9)19-5-4-18-8-10(16)7-17-18/h1-3,6-8H,4-5,16H2. The van der Waals surface area contributed by atoms with Crippen LogP contribution in [0.4, 0.5) is 18.9 Å². The zero-order valence-corrected chi connectivity index (χ0v) is 9.89. The fourth-order valence-corrected chi connectivity index (χ4v) is 1.52. The number of benzene rings is 1. The number of halogens is 3. The molecule has 0 bridgehead atoms. The maximum absolute atomic E-state index is 12.5. The van der Waals surface area contributed by atoms with Gasteiger partial charge in [-0.1, -0.05) is 6.07 Å². The lowest BCUT2D eigenvalue weighted by Gasteiger charge is -2.10. The Morgan fingerprint density at radius 3 is 2.74 bits per heavy atom. The maximum Gasteiger partial charge on any atom is 0.416 e. The SMILES string of the molecule is Nc1cnn(CCOc2cccc(C(F)(F)F)c2)c1. The van der Waals surface area contributed by atoms with E-state index in [4.69, 9.17) is 10.5 Å². The average molecular weight is 271 g/mol. The van der Waals surface area contributed by atoms with Crippen molar-refractivity contribution in [2.75, 3.05) is 12.3 Å². The van der Waals surface area contributed by atoms with E-state index in [1.807, 2.05) is 0 Å². The van der Waals surface area contributed by atoms with Crippen molar-refractivity contribution < 1.29 is 17.9 Å². The van der Waals surface area contributed by atoms with Gasteiger partial charge in [-0.05, 0) is 18.2 Å². The topological polar surface area (TPSA) is 53.1 Å². The second kappa shape index (κ2) is 5.21. The maximum atomic E-state index is 12.5. The van der Waals surface area contributed by atoms with Crippen LogP contribution in [-0.4, -0.2) is 16.4 Å². The lowest BCUT2D eigenvalue weighted by molar-refractivity contribution is -0.137. The van der Waals surface area contributed by atoms with Gasteiger partial charge in [0.05, 0.1) is 24.0 Å². The monoisotopic (exact) mass is 271 g/mol.